The minimum Gasteiger partial charge on any atom is -0.490 e. The third kappa shape index (κ3) is 5.44. The van der Waals surface area contributed by atoms with Gasteiger partial charge in [-0.05, 0) is 48.7 Å². The first-order valence-electron chi connectivity index (χ1n) is 15.9. The molecule has 0 saturated carbocycles. The molecule has 2 aliphatic rings. The van der Waals surface area contributed by atoms with E-state index in [0.29, 0.717) is 47.2 Å². The molecule has 0 fully saturated rings. The number of hydrogen-bond acceptors (Lipinski definition) is 9. The second-order valence-electron chi connectivity index (χ2n) is 11.8. The minimum atomic E-state index is -0.423. The van der Waals surface area contributed by atoms with E-state index < -0.39 is 5.82 Å². The van der Waals surface area contributed by atoms with Crippen LogP contribution in [0.3, 0.4) is 0 Å². The molecular weight excluding hydrogens is 646 g/mol. The molecule has 6 heterocycles. The Hall–Kier alpha value is -5.40. The maximum Gasteiger partial charge on any atom is 0.246 e. The fraction of sp³-hybridized carbons (Fsp3) is 0.250. The van der Waals surface area contributed by atoms with E-state index >= 15 is 0 Å². The van der Waals surface area contributed by atoms with E-state index in [4.69, 9.17) is 24.3 Å². The first kappa shape index (κ1) is 30.9. The summed E-state index contributed by atoms with van der Waals surface area (Å²) < 4.78 is 37.6. The van der Waals surface area contributed by atoms with Gasteiger partial charge in [-0.15, -0.1) is 11.3 Å². The summed E-state index contributed by atoms with van der Waals surface area (Å²) in [5, 5.41) is 13.4. The highest BCUT2D eigenvalue weighted by Crippen LogP contribution is 2.48. The summed E-state index contributed by atoms with van der Waals surface area (Å²) in [6.45, 7) is 7.47. The van der Waals surface area contributed by atoms with E-state index in [-0.39, 0.29) is 38.5 Å². The van der Waals surface area contributed by atoms with Gasteiger partial charge in [-0.3, -0.25) is 19.2 Å². The maximum absolute atomic E-state index is 14.8. The smallest absolute Gasteiger partial charge is 0.246 e. The molecule has 1 amide bonds. The Bertz CT molecular complexity index is 2290. The number of aromatic nitrogens is 5. The van der Waals surface area contributed by atoms with Crippen LogP contribution in [0.25, 0.3) is 54.8 Å². The molecule has 13 heteroatoms. The third-order valence-corrected chi connectivity index (χ3v) is 9.91. The van der Waals surface area contributed by atoms with Gasteiger partial charge in [0.15, 0.2) is 0 Å². The number of thiophene rings is 1. The van der Waals surface area contributed by atoms with Gasteiger partial charge in [-0.2, -0.15) is 10.2 Å². The fourth-order valence-electron chi connectivity index (χ4n) is 6.57. The lowest BCUT2D eigenvalue weighted by Crippen LogP contribution is -2.40. The standard InChI is InChI=1S/C36H32FN7O4S/c1-4-32(45)43-9-10-44-28(21(43)2)17-27(41-44)35-33-24-6-5-23(37)16-30(24)48-13-12-46-20-38-8-11-47-31-18-29-22(19-39-42(29)3)15-26(31)34(40-35)25-7-14-49-36(25)33/h4-8,14-19,21H,1,9-13,20H2,2-3H3/b38-8+/t21-/m1/s1. The van der Waals surface area contributed by atoms with Crippen LogP contribution in [0.2, 0.25) is 0 Å². The number of rotatable bonds is 2. The van der Waals surface area contributed by atoms with Crippen LogP contribution in [0, 0.1) is 5.82 Å². The molecule has 4 aromatic heterocycles. The summed E-state index contributed by atoms with van der Waals surface area (Å²) in [4.78, 5) is 24.2. The van der Waals surface area contributed by atoms with Crippen molar-refractivity contribution in [1.82, 2.24) is 29.4 Å². The normalized spacial score (nSPS) is 17.1. The number of aryl methyl sites for hydroxylation is 1. The Balaban J connectivity index is 1.42. The van der Waals surface area contributed by atoms with Crippen LogP contribution in [-0.2, 0) is 23.1 Å². The van der Waals surface area contributed by atoms with Crippen LogP contribution >= 0.6 is 11.3 Å². The van der Waals surface area contributed by atoms with Crippen molar-refractivity contribution in [2.24, 2.45) is 12.0 Å². The average Bonchev–Trinajstić information content (AvgIpc) is 3.85. The van der Waals surface area contributed by atoms with Gasteiger partial charge in [0.2, 0.25) is 5.91 Å². The Morgan fingerprint density at radius 2 is 1.94 bits per heavy atom. The van der Waals surface area contributed by atoms with Crippen molar-refractivity contribution in [1.29, 1.82) is 0 Å². The number of hydrogen-bond donors (Lipinski definition) is 0. The number of nitrogens with zero attached hydrogens (tertiary/aromatic N) is 7. The van der Waals surface area contributed by atoms with E-state index in [9.17, 15) is 9.18 Å². The summed E-state index contributed by atoms with van der Waals surface area (Å²) in [7, 11) is 1.89. The van der Waals surface area contributed by atoms with Crippen molar-refractivity contribution >= 4 is 44.4 Å². The van der Waals surface area contributed by atoms with Gasteiger partial charge in [0, 0.05) is 64.1 Å². The topological polar surface area (TPSA) is 109 Å². The van der Waals surface area contributed by atoms with Crippen molar-refractivity contribution in [3.05, 3.63) is 78.2 Å². The van der Waals surface area contributed by atoms with Crippen LogP contribution < -0.4 is 9.47 Å². The number of carbonyl (C=O) groups is 1. The highest BCUT2D eigenvalue weighted by Gasteiger charge is 2.31. The lowest BCUT2D eigenvalue weighted by Gasteiger charge is -2.33. The molecule has 0 spiro atoms. The van der Waals surface area contributed by atoms with Gasteiger partial charge in [-0.1, -0.05) is 6.58 Å². The van der Waals surface area contributed by atoms with Crippen molar-refractivity contribution in [2.75, 3.05) is 33.1 Å². The second-order valence-corrected chi connectivity index (χ2v) is 12.7. The summed E-state index contributed by atoms with van der Waals surface area (Å²) >= 11 is 1.56. The number of amides is 1. The van der Waals surface area contributed by atoms with Crippen LogP contribution in [0.15, 0.2) is 71.7 Å². The fourth-order valence-corrected chi connectivity index (χ4v) is 7.53. The van der Waals surface area contributed by atoms with Gasteiger partial charge < -0.3 is 19.1 Å². The molecule has 2 aromatic carbocycles. The molecule has 0 unspecified atom stereocenters. The molecule has 0 aliphatic carbocycles. The first-order chi connectivity index (χ1) is 23.9. The predicted molar refractivity (Wildman–Crippen MR) is 187 cm³/mol. The monoisotopic (exact) mass is 677 g/mol. The van der Waals surface area contributed by atoms with Crippen molar-refractivity contribution in [3.8, 4) is 45.3 Å². The Kier molecular flexibility index (Phi) is 7.92. The van der Waals surface area contributed by atoms with Crippen LogP contribution in [0.4, 0.5) is 4.39 Å². The van der Waals surface area contributed by atoms with Crippen LogP contribution in [-0.4, -0.2) is 74.7 Å². The number of pyridine rings is 1. The first-order valence-corrected chi connectivity index (χ1v) is 16.8. The van der Waals surface area contributed by atoms with Crippen molar-refractivity contribution in [3.63, 3.8) is 0 Å². The molecule has 0 radical (unpaired) electrons. The number of benzene rings is 2. The van der Waals surface area contributed by atoms with Crippen molar-refractivity contribution < 1.29 is 23.4 Å². The van der Waals surface area contributed by atoms with Crippen LogP contribution in [0.5, 0.6) is 11.5 Å². The molecule has 2 bridgehead atoms. The molecule has 0 saturated heterocycles. The molecule has 49 heavy (non-hydrogen) atoms. The van der Waals surface area contributed by atoms with Gasteiger partial charge in [-0.25, -0.2) is 9.37 Å². The minimum absolute atomic E-state index is 0.132. The van der Waals surface area contributed by atoms with E-state index in [1.807, 2.05) is 54.5 Å². The van der Waals surface area contributed by atoms with E-state index in [1.54, 1.807) is 33.2 Å². The molecule has 248 valence electrons. The Morgan fingerprint density at radius 1 is 1.06 bits per heavy atom. The number of halogens is 1. The van der Waals surface area contributed by atoms with E-state index in [1.165, 1.54) is 18.2 Å². The number of carbonyl (C=O) groups excluding carboxylic acids is 1. The summed E-state index contributed by atoms with van der Waals surface area (Å²) in [6, 6.07) is 12.3. The lowest BCUT2D eigenvalue weighted by molar-refractivity contribution is -0.129. The lowest BCUT2D eigenvalue weighted by atomic mass is 9.96. The summed E-state index contributed by atoms with van der Waals surface area (Å²) in [5.74, 6) is 0.428. The van der Waals surface area contributed by atoms with Crippen molar-refractivity contribution in [2.45, 2.75) is 19.5 Å². The molecule has 11 nitrogen and oxygen atoms in total. The predicted octanol–water partition coefficient (Wildman–Crippen LogP) is 6.42. The Morgan fingerprint density at radius 3 is 2.82 bits per heavy atom. The molecule has 8 rings (SSSR count). The van der Waals surface area contributed by atoms with E-state index in [0.717, 1.165) is 37.8 Å². The largest absolute Gasteiger partial charge is 0.490 e. The molecule has 1 atom stereocenters. The zero-order valence-corrected chi connectivity index (χ0v) is 27.7. The number of aliphatic imine (C=N–C) groups is 1. The van der Waals surface area contributed by atoms with Gasteiger partial charge >= 0.3 is 0 Å². The summed E-state index contributed by atoms with van der Waals surface area (Å²) in [6.07, 6.45) is 4.83. The maximum atomic E-state index is 14.8. The van der Waals surface area contributed by atoms with E-state index in [2.05, 4.69) is 16.7 Å². The number of ether oxygens (including phenoxy) is 3. The zero-order valence-electron chi connectivity index (χ0n) is 26.9. The third-order valence-electron chi connectivity index (χ3n) is 8.98. The van der Waals surface area contributed by atoms with Gasteiger partial charge in [0.25, 0.3) is 0 Å². The zero-order chi connectivity index (χ0) is 33.6. The van der Waals surface area contributed by atoms with Crippen LogP contribution in [0.1, 0.15) is 18.7 Å². The SMILES string of the molecule is C=CC(=O)N1CCn2nc(-c3nc4c5ccsc5c3-c3ccc(F)cc3OCCOC/N=C/COc3cc5c(cnn5C)cc3-4)cc2[C@H]1C. The molecule has 2 aliphatic heterocycles. The second kappa shape index (κ2) is 12.6. The highest BCUT2D eigenvalue weighted by atomic mass is 32.1. The van der Waals surface area contributed by atoms with Gasteiger partial charge in [0.05, 0.1) is 42.3 Å². The molecule has 0 N–H and O–H groups in total. The molecule has 6 aromatic rings. The molecular formula is C36H32FN7O4S. The summed E-state index contributed by atoms with van der Waals surface area (Å²) in [5.41, 5.74) is 5.92. The quantitative estimate of drug-likeness (QED) is 0.195. The Labute approximate surface area is 284 Å². The number of fused-ring (bicyclic) bond motifs is 6. The average molecular weight is 678 g/mol. The van der Waals surface area contributed by atoms with Gasteiger partial charge in [0.1, 0.15) is 48.6 Å². The highest BCUT2D eigenvalue weighted by molar-refractivity contribution is 7.18.